The minimum Gasteiger partial charge on any atom is -0.449 e. The molecule has 1 amide bonds. The van der Waals surface area contributed by atoms with Gasteiger partial charge in [0.1, 0.15) is 0 Å². The largest absolute Gasteiger partial charge is 0.449 e. The third kappa shape index (κ3) is 3.90. The summed E-state index contributed by atoms with van der Waals surface area (Å²) in [6.45, 7) is 7.96. The number of aryl methyl sites for hydroxylation is 1. The highest BCUT2D eigenvalue weighted by atomic mass is 32.1. The number of carbonyl (C=O) groups excluding carboxylic acids is 2. The van der Waals surface area contributed by atoms with Gasteiger partial charge < -0.3 is 10.1 Å². The standard InChI is InChI=1S/C19H20N4O3S/c1-4-8-20-18(24)12(3)26-19(25)13-10-15(16-7-6-9-27-16)22-17-14(13)11-21-23(17)5-2/h4,6-7,9-12H,1,5,8H2,2-3H3,(H,20,24). The summed E-state index contributed by atoms with van der Waals surface area (Å²) >= 11 is 1.53. The van der Waals surface area contributed by atoms with Gasteiger partial charge in [0.15, 0.2) is 11.8 Å². The molecule has 3 rings (SSSR count). The molecule has 3 aromatic heterocycles. The van der Waals surface area contributed by atoms with E-state index in [2.05, 4.69) is 22.0 Å². The Labute approximate surface area is 160 Å². The number of carbonyl (C=O) groups is 2. The highest BCUT2D eigenvalue weighted by Gasteiger charge is 2.23. The zero-order valence-corrected chi connectivity index (χ0v) is 16.0. The summed E-state index contributed by atoms with van der Waals surface area (Å²) in [5.41, 5.74) is 1.62. The average molecular weight is 384 g/mol. The number of hydrogen-bond donors (Lipinski definition) is 1. The van der Waals surface area contributed by atoms with Crippen molar-refractivity contribution in [1.82, 2.24) is 20.1 Å². The van der Waals surface area contributed by atoms with Crippen molar-refractivity contribution >= 4 is 34.2 Å². The Bertz CT molecular complexity index is 978. The molecule has 0 spiro atoms. The van der Waals surface area contributed by atoms with Gasteiger partial charge in [0, 0.05) is 13.1 Å². The number of fused-ring (bicyclic) bond motifs is 1. The van der Waals surface area contributed by atoms with E-state index in [0.717, 1.165) is 4.88 Å². The lowest BCUT2D eigenvalue weighted by atomic mass is 10.1. The summed E-state index contributed by atoms with van der Waals surface area (Å²) in [4.78, 5) is 30.4. The molecule has 0 bridgehead atoms. The van der Waals surface area contributed by atoms with Gasteiger partial charge in [0.2, 0.25) is 0 Å². The fraction of sp³-hybridized carbons (Fsp3) is 0.263. The summed E-state index contributed by atoms with van der Waals surface area (Å²) in [7, 11) is 0. The van der Waals surface area contributed by atoms with Gasteiger partial charge in [-0.1, -0.05) is 12.1 Å². The molecule has 27 heavy (non-hydrogen) atoms. The molecule has 3 aromatic rings. The number of pyridine rings is 1. The van der Waals surface area contributed by atoms with Crippen LogP contribution in [0.5, 0.6) is 0 Å². The summed E-state index contributed by atoms with van der Waals surface area (Å²) < 4.78 is 7.10. The molecule has 1 unspecified atom stereocenters. The van der Waals surface area contributed by atoms with Gasteiger partial charge in [-0.25, -0.2) is 14.5 Å². The van der Waals surface area contributed by atoms with Crippen LogP contribution < -0.4 is 5.32 Å². The molecule has 7 nitrogen and oxygen atoms in total. The van der Waals surface area contributed by atoms with E-state index in [1.165, 1.54) is 18.3 Å². The van der Waals surface area contributed by atoms with E-state index in [4.69, 9.17) is 4.74 Å². The number of hydrogen-bond acceptors (Lipinski definition) is 6. The molecule has 1 N–H and O–H groups in total. The van der Waals surface area contributed by atoms with Crippen LogP contribution in [-0.2, 0) is 16.1 Å². The van der Waals surface area contributed by atoms with Crippen molar-refractivity contribution in [2.24, 2.45) is 0 Å². The highest BCUT2D eigenvalue weighted by molar-refractivity contribution is 7.13. The number of nitrogens with one attached hydrogen (secondary N) is 1. The number of ether oxygens (including phenoxy) is 1. The van der Waals surface area contributed by atoms with Crippen molar-refractivity contribution in [2.45, 2.75) is 26.5 Å². The minimum atomic E-state index is -0.924. The van der Waals surface area contributed by atoms with E-state index >= 15 is 0 Å². The molecule has 0 radical (unpaired) electrons. The fourth-order valence-electron chi connectivity index (χ4n) is 2.59. The quantitative estimate of drug-likeness (QED) is 0.500. The first-order valence-corrected chi connectivity index (χ1v) is 9.43. The van der Waals surface area contributed by atoms with Crippen molar-refractivity contribution in [3.8, 4) is 10.6 Å². The molecule has 0 saturated heterocycles. The van der Waals surface area contributed by atoms with E-state index in [9.17, 15) is 9.59 Å². The van der Waals surface area contributed by atoms with Crippen molar-refractivity contribution in [3.05, 3.63) is 48.0 Å². The second kappa shape index (κ2) is 8.13. The molecule has 1 atom stereocenters. The molecular weight excluding hydrogens is 364 g/mol. The van der Waals surface area contributed by atoms with Crippen LogP contribution in [0.4, 0.5) is 0 Å². The second-order valence-electron chi connectivity index (χ2n) is 5.81. The molecule has 0 aromatic carbocycles. The predicted octanol–water partition coefficient (Wildman–Crippen LogP) is 3.03. The normalized spacial score (nSPS) is 11.9. The Morgan fingerprint density at radius 3 is 2.96 bits per heavy atom. The number of aromatic nitrogens is 3. The van der Waals surface area contributed by atoms with E-state index in [1.807, 2.05) is 24.4 Å². The van der Waals surface area contributed by atoms with E-state index in [-0.39, 0.29) is 5.91 Å². The van der Waals surface area contributed by atoms with Crippen LogP contribution in [-0.4, -0.2) is 39.3 Å². The summed E-state index contributed by atoms with van der Waals surface area (Å²) in [5, 5.41) is 9.45. The molecule has 0 saturated carbocycles. The third-order valence-electron chi connectivity index (χ3n) is 3.98. The molecule has 0 aliphatic heterocycles. The second-order valence-corrected chi connectivity index (χ2v) is 6.76. The van der Waals surface area contributed by atoms with E-state index < -0.39 is 12.1 Å². The lowest BCUT2D eigenvalue weighted by Gasteiger charge is -2.13. The van der Waals surface area contributed by atoms with Crippen LogP contribution in [0, 0.1) is 0 Å². The zero-order valence-electron chi connectivity index (χ0n) is 15.1. The number of thiophene rings is 1. The van der Waals surface area contributed by atoms with Gasteiger partial charge in [-0.15, -0.1) is 17.9 Å². The smallest absolute Gasteiger partial charge is 0.339 e. The van der Waals surface area contributed by atoms with Gasteiger partial charge in [-0.2, -0.15) is 5.10 Å². The van der Waals surface area contributed by atoms with Crippen LogP contribution in [0.1, 0.15) is 24.2 Å². The topological polar surface area (TPSA) is 86.1 Å². The van der Waals surface area contributed by atoms with Gasteiger partial charge in [0.25, 0.3) is 5.91 Å². The molecular formula is C19H20N4O3S. The fourth-order valence-corrected chi connectivity index (χ4v) is 3.28. The van der Waals surface area contributed by atoms with Crippen LogP contribution in [0.15, 0.2) is 42.4 Å². The van der Waals surface area contributed by atoms with Crippen LogP contribution in [0.25, 0.3) is 21.6 Å². The Hall–Kier alpha value is -3.00. The maximum atomic E-state index is 12.8. The Kier molecular flexibility index (Phi) is 5.66. The summed E-state index contributed by atoms with van der Waals surface area (Å²) in [6, 6.07) is 5.55. The van der Waals surface area contributed by atoms with Crippen LogP contribution in [0.3, 0.4) is 0 Å². The summed E-state index contributed by atoms with van der Waals surface area (Å²) in [5.74, 6) is -0.964. The maximum absolute atomic E-state index is 12.8. The molecule has 0 aliphatic carbocycles. The van der Waals surface area contributed by atoms with Crippen molar-refractivity contribution in [1.29, 1.82) is 0 Å². The maximum Gasteiger partial charge on any atom is 0.339 e. The van der Waals surface area contributed by atoms with Crippen molar-refractivity contribution in [3.63, 3.8) is 0 Å². The first-order valence-electron chi connectivity index (χ1n) is 8.55. The number of amides is 1. The predicted molar refractivity (Wildman–Crippen MR) is 105 cm³/mol. The van der Waals surface area contributed by atoms with Crippen molar-refractivity contribution < 1.29 is 14.3 Å². The zero-order chi connectivity index (χ0) is 19.4. The minimum absolute atomic E-state index is 0.312. The van der Waals surface area contributed by atoms with Gasteiger partial charge >= 0.3 is 5.97 Å². The lowest BCUT2D eigenvalue weighted by molar-refractivity contribution is -0.128. The lowest BCUT2D eigenvalue weighted by Crippen LogP contribution is -2.35. The monoisotopic (exact) mass is 384 g/mol. The molecule has 0 aliphatic rings. The van der Waals surface area contributed by atoms with Gasteiger partial charge in [-0.3, -0.25) is 4.79 Å². The van der Waals surface area contributed by atoms with Crippen LogP contribution >= 0.6 is 11.3 Å². The Morgan fingerprint density at radius 1 is 1.48 bits per heavy atom. The SMILES string of the molecule is C=CCNC(=O)C(C)OC(=O)c1cc(-c2cccs2)nc2c1cnn2CC. The van der Waals surface area contributed by atoms with Crippen molar-refractivity contribution in [2.75, 3.05) is 6.54 Å². The number of nitrogens with zero attached hydrogens (tertiary/aromatic N) is 3. The Morgan fingerprint density at radius 2 is 2.30 bits per heavy atom. The molecule has 8 heteroatoms. The number of esters is 1. The van der Waals surface area contributed by atoms with Gasteiger partial charge in [0.05, 0.1) is 27.7 Å². The average Bonchev–Trinajstić information content (AvgIpc) is 3.34. The third-order valence-corrected chi connectivity index (χ3v) is 4.87. The molecule has 0 fully saturated rings. The molecule has 3 heterocycles. The molecule has 140 valence electrons. The highest BCUT2D eigenvalue weighted by Crippen LogP contribution is 2.28. The van der Waals surface area contributed by atoms with E-state index in [1.54, 1.807) is 23.0 Å². The van der Waals surface area contributed by atoms with Crippen LogP contribution in [0.2, 0.25) is 0 Å². The first kappa shape index (κ1) is 18.8. The van der Waals surface area contributed by atoms with Gasteiger partial charge in [-0.05, 0) is 31.4 Å². The summed E-state index contributed by atoms with van der Waals surface area (Å²) in [6.07, 6.45) is 2.24. The number of rotatable bonds is 7. The first-order chi connectivity index (χ1) is 13.0. The Balaban J connectivity index is 1.97. The van der Waals surface area contributed by atoms with E-state index in [0.29, 0.717) is 35.4 Å².